The topological polar surface area (TPSA) is 12.0 Å². The smallest absolute Gasteiger partial charge is 0.0443 e. The van der Waals surface area contributed by atoms with Crippen LogP contribution in [-0.2, 0) is 12.8 Å². The average molecular weight is 292 g/mol. The molecule has 2 heteroatoms. The third-order valence-corrected chi connectivity index (χ3v) is 6.87. The summed E-state index contributed by atoms with van der Waals surface area (Å²) in [5, 5.41) is 3.67. The number of hydrogen-bond acceptors (Lipinski definition) is 2. The number of rotatable bonds is 4. The summed E-state index contributed by atoms with van der Waals surface area (Å²) in [6, 6.07) is 3.15. The van der Waals surface area contributed by atoms with Crippen molar-refractivity contribution in [3.05, 3.63) is 21.4 Å². The zero-order valence-electron chi connectivity index (χ0n) is 13.1. The maximum Gasteiger partial charge on any atom is 0.0443 e. The highest BCUT2D eigenvalue weighted by Crippen LogP contribution is 2.43. The number of fused-ring (bicyclic) bond motifs is 1. The van der Waals surface area contributed by atoms with Gasteiger partial charge in [0.2, 0.25) is 0 Å². The molecular weight excluding hydrogens is 262 g/mol. The average Bonchev–Trinajstić information content (AvgIpc) is 2.92. The largest absolute Gasteiger partial charge is 0.312 e. The highest BCUT2D eigenvalue weighted by molar-refractivity contribution is 7.12. The van der Waals surface area contributed by atoms with Crippen molar-refractivity contribution in [2.75, 3.05) is 7.05 Å². The zero-order chi connectivity index (χ0) is 13.9. The van der Waals surface area contributed by atoms with E-state index in [1.54, 1.807) is 15.3 Å². The van der Waals surface area contributed by atoms with E-state index in [1.165, 1.54) is 57.8 Å². The van der Waals surface area contributed by atoms with E-state index in [4.69, 9.17) is 0 Å². The van der Waals surface area contributed by atoms with Crippen LogP contribution in [0.1, 0.15) is 73.2 Å². The van der Waals surface area contributed by atoms with E-state index < -0.39 is 0 Å². The molecule has 0 aliphatic heterocycles. The molecule has 1 fully saturated rings. The van der Waals surface area contributed by atoms with Crippen LogP contribution in [0.5, 0.6) is 0 Å². The molecule has 0 radical (unpaired) electrons. The molecule has 3 atom stereocenters. The summed E-state index contributed by atoms with van der Waals surface area (Å²) in [5.74, 6) is 1.79. The van der Waals surface area contributed by atoms with Gasteiger partial charge in [-0.3, -0.25) is 0 Å². The molecule has 0 spiro atoms. The Kier molecular flexibility index (Phi) is 4.83. The molecule has 1 aromatic rings. The Hall–Kier alpha value is -0.340. The normalized spacial score (nSPS) is 28.1. The molecule has 0 bridgehead atoms. The summed E-state index contributed by atoms with van der Waals surface area (Å²) in [6.45, 7) is 2.38. The highest BCUT2D eigenvalue weighted by Gasteiger charge is 2.32. The van der Waals surface area contributed by atoms with Gasteiger partial charge in [0.1, 0.15) is 0 Å². The molecular formula is C18H29NS. The van der Waals surface area contributed by atoms with Crippen LogP contribution in [0.4, 0.5) is 0 Å². The Balaban J connectivity index is 1.83. The predicted octanol–water partition coefficient (Wildman–Crippen LogP) is 5.10. The summed E-state index contributed by atoms with van der Waals surface area (Å²) in [6.07, 6.45) is 12.6. The first-order valence-electron chi connectivity index (χ1n) is 8.62. The number of nitrogens with one attached hydrogen (secondary N) is 1. The third kappa shape index (κ3) is 2.82. The Morgan fingerprint density at radius 3 is 2.75 bits per heavy atom. The Morgan fingerprint density at radius 1 is 1.20 bits per heavy atom. The second-order valence-electron chi connectivity index (χ2n) is 6.69. The van der Waals surface area contributed by atoms with Gasteiger partial charge in [-0.1, -0.05) is 32.6 Å². The molecule has 1 N–H and O–H groups in total. The molecule has 0 amide bonds. The molecule has 3 unspecified atom stereocenters. The summed E-state index contributed by atoms with van der Waals surface area (Å²) >= 11 is 2.11. The van der Waals surface area contributed by atoms with Gasteiger partial charge in [0.15, 0.2) is 0 Å². The first-order chi connectivity index (χ1) is 9.83. The van der Waals surface area contributed by atoms with Gasteiger partial charge < -0.3 is 5.32 Å². The minimum Gasteiger partial charge on any atom is -0.312 e. The number of hydrogen-bond donors (Lipinski definition) is 1. The van der Waals surface area contributed by atoms with Crippen LogP contribution in [0, 0.1) is 11.8 Å². The van der Waals surface area contributed by atoms with E-state index in [0.717, 1.165) is 11.8 Å². The van der Waals surface area contributed by atoms with E-state index >= 15 is 0 Å². The lowest BCUT2D eigenvalue weighted by atomic mass is 9.73. The van der Waals surface area contributed by atoms with Gasteiger partial charge in [-0.05, 0) is 62.6 Å². The van der Waals surface area contributed by atoms with Gasteiger partial charge in [-0.25, -0.2) is 0 Å². The van der Waals surface area contributed by atoms with Crippen LogP contribution in [-0.4, -0.2) is 7.05 Å². The molecule has 0 saturated heterocycles. The van der Waals surface area contributed by atoms with E-state index in [2.05, 4.69) is 36.7 Å². The lowest BCUT2D eigenvalue weighted by molar-refractivity contribution is 0.182. The lowest BCUT2D eigenvalue weighted by Crippen LogP contribution is -2.32. The highest BCUT2D eigenvalue weighted by atomic mass is 32.1. The molecule has 2 aliphatic carbocycles. The minimum absolute atomic E-state index is 0.607. The van der Waals surface area contributed by atoms with Crippen molar-refractivity contribution < 1.29 is 0 Å². The fourth-order valence-corrected chi connectivity index (χ4v) is 5.86. The van der Waals surface area contributed by atoms with Crippen molar-refractivity contribution in [3.8, 4) is 0 Å². The summed E-state index contributed by atoms with van der Waals surface area (Å²) in [4.78, 5) is 3.32. The van der Waals surface area contributed by atoms with Crippen molar-refractivity contribution >= 4 is 11.3 Å². The van der Waals surface area contributed by atoms with Crippen LogP contribution >= 0.6 is 11.3 Å². The van der Waals surface area contributed by atoms with Crippen LogP contribution < -0.4 is 5.32 Å². The Labute approximate surface area is 128 Å². The van der Waals surface area contributed by atoms with Crippen molar-refractivity contribution in [2.45, 2.75) is 70.8 Å². The van der Waals surface area contributed by atoms with Crippen molar-refractivity contribution in [2.24, 2.45) is 11.8 Å². The maximum atomic E-state index is 3.67. The molecule has 1 heterocycles. The number of thiophene rings is 1. The second-order valence-corrected chi connectivity index (χ2v) is 7.86. The monoisotopic (exact) mass is 291 g/mol. The number of aryl methyl sites for hydroxylation is 2. The molecule has 0 aromatic carbocycles. The first kappa shape index (κ1) is 14.6. The lowest BCUT2D eigenvalue weighted by Gasteiger charge is -2.36. The van der Waals surface area contributed by atoms with Crippen molar-refractivity contribution in [1.82, 2.24) is 5.32 Å². The first-order valence-corrected chi connectivity index (χ1v) is 9.44. The molecule has 2 aliphatic rings. The van der Waals surface area contributed by atoms with Gasteiger partial charge in [0.25, 0.3) is 0 Å². The fourth-order valence-electron chi connectivity index (χ4n) is 4.42. The molecule has 1 aromatic heterocycles. The van der Waals surface area contributed by atoms with Crippen LogP contribution in [0.15, 0.2) is 6.07 Å². The van der Waals surface area contributed by atoms with Gasteiger partial charge in [0.05, 0.1) is 0 Å². The zero-order valence-corrected chi connectivity index (χ0v) is 13.9. The SMILES string of the molecule is CCC1CCCCC1C(NC)c1cc2c(s1)CCCC2. The van der Waals surface area contributed by atoms with Crippen molar-refractivity contribution in [3.63, 3.8) is 0 Å². The Bertz CT molecular complexity index is 413. The van der Waals surface area contributed by atoms with Crippen molar-refractivity contribution in [1.29, 1.82) is 0 Å². The quantitative estimate of drug-likeness (QED) is 0.813. The third-order valence-electron chi connectivity index (χ3n) is 5.55. The van der Waals surface area contributed by atoms with Gasteiger partial charge in [-0.15, -0.1) is 11.3 Å². The minimum atomic E-state index is 0.607. The second kappa shape index (κ2) is 6.62. The predicted molar refractivity (Wildman–Crippen MR) is 88.5 cm³/mol. The Morgan fingerprint density at radius 2 is 2.00 bits per heavy atom. The van der Waals surface area contributed by atoms with Crippen LogP contribution in [0.3, 0.4) is 0 Å². The summed E-state index contributed by atoms with van der Waals surface area (Å²) in [7, 11) is 2.17. The molecule has 3 rings (SSSR count). The van der Waals surface area contributed by atoms with E-state index in [9.17, 15) is 0 Å². The maximum absolute atomic E-state index is 3.67. The summed E-state index contributed by atoms with van der Waals surface area (Å²) < 4.78 is 0. The molecule has 1 saturated carbocycles. The molecule has 1 nitrogen and oxygen atoms in total. The van der Waals surface area contributed by atoms with E-state index in [-0.39, 0.29) is 0 Å². The fraction of sp³-hybridized carbons (Fsp3) is 0.778. The van der Waals surface area contributed by atoms with Gasteiger partial charge in [0, 0.05) is 15.8 Å². The van der Waals surface area contributed by atoms with E-state index in [0.29, 0.717) is 6.04 Å². The molecule has 112 valence electrons. The standard InChI is InChI=1S/C18H29NS/c1-3-13-8-4-6-10-15(13)18(19-2)17-12-14-9-5-7-11-16(14)20-17/h12-13,15,18-19H,3-11H2,1-2H3. The summed E-state index contributed by atoms with van der Waals surface area (Å²) in [5.41, 5.74) is 1.67. The van der Waals surface area contributed by atoms with Gasteiger partial charge in [-0.2, -0.15) is 0 Å². The van der Waals surface area contributed by atoms with Crippen LogP contribution in [0.25, 0.3) is 0 Å². The molecule has 20 heavy (non-hydrogen) atoms. The van der Waals surface area contributed by atoms with Gasteiger partial charge >= 0.3 is 0 Å². The van der Waals surface area contributed by atoms with Crippen LogP contribution in [0.2, 0.25) is 0 Å². The van der Waals surface area contributed by atoms with E-state index in [1.807, 2.05) is 0 Å².